The van der Waals surface area contributed by atoms with Crippen molar-refractivity contribution in [3.8, 4) is 11.1 Å². The number of carboxylic acid groups (broad SMARTS) is 1. The third kappa shape index (κ3) is 7.01. The molecular formula is C29H24N6O7S. The number of nitro groups is 1. The third-order valence-corrected chi connectivity index (χ3v) is 7.87. The van der Waals surface area contributed by atoms with Crippen LogP contribution in [0.15, 0.2) is 102 Å². The lowest BCUT2D eigenvalue weighted by Gasteiger charge is -2.16. The number of hydrogen-bond acceptors (Lipinski definition) is 7. The summed E-state index contributed by atoms with van der Waals surface area (Å²) in [6.45, 7) is 0. The van der Waals surface area contributed by atoms with Crippen molar-refractivity contribution in [1.82, 2.24) is 14.7 Å². The van der Waals surface area contributed by atoms with Crippen LogP contribution in [0.2, 0.25) is 0 Å². The highest BCUT2D eigenvalue weighted by Crippen LogP contribution is 2.26. The van der Waals surface area contributed by atoms with Gasteiger partial charge in [-0.15, -0.1) is 0 Å². The van der Waals surface area contributed by atoms with Crippen molar-refractivity contribution in [2.75, 3.05) is 10.6 Å². The molecule has 5 rings (SSSR count). The summed E-state index contributed by atoms with van der Waals surface area (Å²) in [7, 11) is -4.28. The first-order valence-corrected chi connectivity index (χ1v) is 14.3. The highest BCUT2D eigenvalue weighted by Gasteiger charge is 2.26. The maximum Gasteiger partial charge on any atom is 0.326 e. The molecule has 0 saturated carbocycles. The van der Waals surface area contributed by atoms with Gasteiger partial charge in [0.1, 0.15) is 6.04 Å². The van der Waals surface area contributed by atoms with E-state index in [2.05, 4.69) is 25.3 Å². The summed E-state index contributed by atoms with van der Waals surface area (Å²) >= 11 is 0. The predicted octanol–water partition coefficient (Wildman–Crippen LogP) is 4.76. The molecule has 0 spiro atoms. The number of carbonyl (C=O) groups excluding carboxylic acids is 1. The van der Waals surface area contributed by atoms with E-state index < -0.39 is 33.0 Å². The van der Waals surface area contributed by atoms with E-state index in [0.29, 0.717) is 27.9 Å². The monoisotopic (exact) mass is 600 g/mol. The number of amides is 2. The maximum absolute atomic E-state index is 13.2. The van der Waals surface area contributed by atoms with Gasteiger partial charge in [0, 0.05) is 17.8 Å². The first-order valence-electron chi connectivity index (χ1n) is 12.8. The number of benzene rings is 4. The van der Waals surface area contributed by atoms with Gasteiger partial charge >= 0.3 is 12.0 Å². The number of aromatic amines is 1. The van der Waals surface area contributed by atoms with Crippen LogP contribution in [0.5, 0.6) is 0 Å². The SMILES string of the molecule is O=C(Nc1cccc(-c2cccc(S(=O)(=O)N[C@@H](Cc3ccc([N+](=O)[O-])cc3)C(=O)O)c2)c1)Nc1nc2ccccc2[nH]1. The number of fused-ring (bicyclic) bond motifs is 1. The second-order valence-corrected chi connectivity index (χ2v) is 11.1. The van der Waals surface area contributed by atoms with Crippen LogP contribution in [0.25, 0.3) is 22.2 Å². The van der Waals surface area contributed by atoms with Crippen LogP contribution in [0.1, 0.15) is 5.56 Å². The Morgan fingerprint density at radius 2 is 1.60 bits per heavy atom. The van der Waals surface area contributed by atoms with Crippen molar-refractivity contribution in [3.05, 3.63) is 113 Å². The number of nitrogens with zero attached hydrogens (tertiary/aromatic N) is 2. The number of carbonyl (C=O) groups is 2. The lowest BCUT2D eigenvalue weighted by atomic mass is 10.1. The maximum atomic E-state index is 13.2. The second-order valence-electron chi connectivity index (χ2n) is 9.43. The van der Waals surface area contributed by atoms with Gasteiger partial charge in [0.25, 0.3) is 5.69 Å². The number of urea groups is 1. The minimum absolute atomic E-state index is 0.166. The number of aromatic nitrogens is 2. The van der Waals surface area contributed by atoms with Gasteiger partial charge in [0.15, 0.2) is 0 Å². The normalized spacial score (nSPS) is 12.0. The fourth-order valence-corrected chi connectivity index (χ4v) is 5.56. The second kappa shape index (κ2) is 12.1. The number of imidazole rings is 1. The number of sulfonamides is 1. The van der Waals surface area contributed by atoms with Gasteiger partial charge in [0.2, 0.25) is 16.0 Å². The van der Waals surface area contributed by atoms with Crippen molar-refractivity contribution in [2.45, 2.75) is 17.4 Å². The minimum Gasteiger partial charge on any atom is -0.480 e. The Morgan fingerprint density at radius 1 is 0.907 bits per heavy atom. The number of aliphatic carboxylic acids is 1. The average Bonchev–Trinajstić information content (AvgIpc) is 3.39. The summed E-state index contributed by atoms with van der Waals surface area (Å²) in [4.78, 5) is 41.9. The molecule has 0 radical (unpaired) electrons. The molecule has 1 aromatic heterocycles. The van der Waals surface area contributed by atoms with Gasteiger partial charge in [-0.05, 0) is 59.5 Å². The molecular weight excluding hydrogens is 576 g/mol. The van der Waals surface area contributed by atoms with Crippen molar-refractivity contribution < 1.29 is 28.0 Å². The molecule has 0 unspecified atom stereocenters. The van der Waals surface area contributed by atoms with Gasteiger partial charge in [-0.2, -0.15) is 4.72 Å². The standard InChI is InChI=1S/C29H24N6O7S/c36-27(37)26(15-18-11-13-22(14-12-18)35(39)40)34-43(41,42)23-8-4-6-20(17-23)19-5-3-7-21(16-19)30-29(38)33-28-31-24-9-1-2-10-25(24)32-28/h1-14,16-17,26,34H,15H2,(H,36,37)(H3,30,31,32,33,38)/t26-/m0/s1. The van der Waals surface area contributed by atoms with E-state index in [9.17, 15) is 33.2 Å². The predicted molar refractivity (Wildman–Crippen MR) is 159 cm³/mol. The Labute approximate surface area is 244 Å². The summed E-state index contributed by atoms with van der Waals surface area (Å²) in [6.07, 6.45) is -0.226. The summed E-state index contributed by atoms with van der Waals surface area (Å²) in [5.41, 5.74) is 3.25. The molecule has 0 bridgehead atoms. The lowest BCUT2D eigenvalue weighted by molar-refractivity contribution is -0.384. The Balaban J connectivity index is 1.29. The number of rotatable bonds is 10. The summed E-state index contributed by atoms with van der Waals surface area (Å²) in [6, 6.07) is 23.1. The molecule has 43 heavy (non-hydrogen) atoms. The highest BCUT2D eigenvalue weighted by molar-refractivity contribution is 7.89. The van der Waals surface area contributed by atoms with E-state index >= 15 is 0 Å². The molecule has 1 atom stereocenters. The zero-order valence-electron chi connectivity index (χ0n) is 22.2. The molecule has 5 aromatic rings. The van der Waals surface area contributed by atoms with E-state index in [1.807, 2.05) is 24.3 Å². The molecule has 13 nitrogen and oxygen atoms in total. The van der Waals surface area contributed by atoms with E-state index in [-0.39, 0.29) is 23.0 Å². The number of H-pyrrole nitrogens is 1. The molecule has 2 amide bonds. The number of carboxylic acids is 1. The molecule has 0 fully saturated rings. The smallest absolute Gasteiger partial charge is 0.326 e. The Kier molecular flexibility index (Phi) is 8.14. The van der Waals surface area contributed by atoms with E-state index in [4.69, 9.17) is 0 Å². The largest absolute Gasteiger partial charge is 0.480 e. The molecule has 14 heteroatoms. The number of hydrogen-bond donors (Lipinski definition) is 5. The number of non-ortho nitro benzene ring substituents is 1. The van der Waals surface area contributed by atoms with Gasteiger partial charge < -0.3 is 15.4 Å². The number of nitro benzene ring substituents is 1. The van der Waals surface area contributed by atoms with Crippen LogP contribution >= 0.6 is 0 Å². The number of nitrogens with one attached hydrogen (secondary N) is 4. The topological polar surface area (TPSA) is 196 Å². The van der Waals surface area contributed by atoms with Gasteiger partial charge in [-0.1, -0.05) is 48.5 Å². The van der Waals surface area contributed by atoms with Crippen molar-refractivity contribution in [2.24, 2.45) is 0 Å². The fourth-order valence-electron chi connectivity index (χ4n) is 4.33. The Morgan fingerprint density at radius 3 is 2.30 bits per heavy atom. The molecule has 218 valence electrons. The molecule has 1 heterocycles. The van der Waals surface area contributed by atoms with Crippen LogP contribution in [0.3, 0.4) is 0 Å². The van der Waals surface area contributed by atoms with Crippen LogP contribution in [-0.2, 0) is 21.2 Å². The third-order valence-electron chi connectivity index (χ3n) is 6.40. The molecule has 0 saturated heterocycles. The van der Waals surface area contributed by atoms with Crippen LogP contribution < -0.4 is 15.4 Å². The molecule has 4 aromatic carbocycles. The van der Waals surface area contributed by atoms with E-state index in [0.717, 1.165) is 5.52 Å². The van der Waals surface area contributed by atoms with E-state index in [1.54, 1.807) is 30.3 Å². The summed E-state index contributed by atoms with van der Waals surface area (Å²) in [5.74, 6) is -1.13. The van der Waals surface area contributed by atoms with E-state index in [1.165, 1.54) is 42.5 Å². The van der Waals surface area contributed by atoms with Gasteiger partial charge in [0.05, 0.1) is 20.9 Å². The lowest BCUT2D eigenvalue weighted by Crippen LogP contribution is -2.42. The van der Waals surface area contributed by atoms with Crippen molar-refractivity contribution >= 4 is 50.4 Å². The van der Waals surface area contributed by atoms with Gasteiger partial charge in [-0.25, -0.2) is 18.2 Å². The van der Waals surface area contributed by atoms with Crippen molar-refractivity contribution in [3.63, 3.8) is 0 Å². The van der Waals surface area contributed by atoms with Crippen LogP contribution in [0, 0.1) is 10.1 Å². The van der Waals surface area contributed by atoms with Crippen LogP contribution in [0.4, 0.5) is 22.1 Å². The molecule has 5 N–H and O–H groups in total. The zero-order chi connectivity index (χ0) is 30.6. The number of para-hydroxylation sites is 2. The Hall–Kier alpha value is -5.60. The first kappa shape index (κ1) is 28.9. The van der Waals surface area contributed by atoms with Crippen LogP contribution in [-0.4, -0.2) is 46.5 Å². The van der Waals surface area contributed by atoms with Crippen molar-refractivity contribution in [1.29, 1.82) is 0 Å². The molecule has 0 aliphatic rings. The zero-order valence-corrected chi connectivity index (χ0v) is 23.0. The Bertz CT molecular complexity index is 1910. The summed E-state index contributed by atoms with van der Waals surface area (Å²) in [5, 5.41) is 25.9. The highest BCUT2D eigenvalue weighted by atomic mass is 32.2. The molecule has 0 aliphatic carbocycles. The quantitative estimate of drug-likeness (QED) is 0.112. The number of anilines is 2. The molecule has 0 aliphatic heterocycles. The average molecular weight is 601 g/mol. The first-order chi connectivity index (χ1) is 20.6. The fraction of sp³-hybridized carbons (Fsp3) is 0.0690. The van der Waals surface area contributed by atoms with Gasteiger partial charge in [-0.3, -0.25) is 20.2 Å². The minimum atomic E-state index is -4.28. The summed E-state index contributed by atoms with van der Waals surface area (Å²) < 4.78 is 28.6.